The molecule has 0 amide bonds. The third-order valence-corrected chi connectivity index (χ3v) is 5.47. The van der Waals surface area contributed by atoms with E-state index in [1.54, 1.807) is 48.5 Å². The van der Waals surface area contributed by atoms with Crippen LogP contribution in [0.3, 0.4) is 0 Å². The van der Waals surface area contributed by atoms with E-state index >= 15 is 0 Å². The van der Waals surface area contributed by atoms with Crippen LogP contribution < -0.4 is 0 Å². The maximum absolute atomic E-state index is 12.1. The fourth-order valence-electron chi connectivity index (χ4n) is 3.92. The van der Waals surface area contributed by atoms with E-state index in [1.807, 2.05) is 42.5 Å². The van der Waals surface area contributed by atoms with Crippen molar-refractivity contribution in [2.24, 2.45) is 0 Å². The zero-order valence-corrected chi connectivity index (χ0v) is 16.5. The van der Waals surface area contributed by atoms with Crippen LogP contribution in [0.4, 0.5) is 0 Å². The van der Waals surface area contributed by atoms with Crippen LogP contribution >= 0.6 is 0 Å². The highest BCUT2D eigenvalue weighted by molar-refractivity contribution is 6.28. The Morgan fingerprint density at radius 2 is 1.13 bits per heavy atom. The van der Waals surface area contributed by atoms with Crippen LogP contribution in [0.15, 0.2) is 84.9 Å². The summed E-state index contributed by atoms with van der Waals surface area (Å²) in [5.74, 6) is 0.0300. The second kappa shape index (κ2) is 7.58. The van der Waals surface area contributed by atoms with Gasteiger partial charge in [-0.1, -0.05) is 72.8 Å². The summed E-state index contributed by atoms with van der Waals surface area (Å²) in [7, 11) is 0. The number of fused-ring (bicyclic) bond motifs is 4. The first-order valence-corrected chi connectivity index (χ1v) is 10.0. The summed E-state index contributed by atoms with van der Waals surface area (Å²) >= 11 is 0. The summed E-state index contributed by atoms with van der Waals surface area (Å²) in [4.78, 5) is 40.3. The number of nitrogens with zero attached hydrogens (tertiary/aromatic N) is 1. The number of carbonyl (C=O) groups is 3. The van der Waals surface area contributed by atoms with Crippen molar-refractivity contribution in [3.63, 3.8) is 0 Å². The van der Waals surface area contributed by atoms with Crippen LogP contribution in [0.2, 0.25) is 0 Å². The molecule has 4 aromatic rings. The largest absolute Gasteiger partial charge is 0.294 e. The normalized spacial score (nSPS) is 13.7. The fourth-order valence-corrected chi connectivity index (χ4v) is 3.92. The van der Waals surface area contributed by atoms with Gasteiger partial charge in [0, 0.05) is 39.6 Å². The van der Waals surface area contributed by atoms with E-state index in [4.69, 9.17) is 0 Å². The van der Waals surface area contributed by atoms with Gasteiger partial charge in [-0.05, 0) is 18.2 Å². The Kier molecular flexibility index (Phi) is 4.60. The summed E-state index contributed by atoms with van der Waals surface area (Å²) in [6, 6.07) is 23.7. The molecule has 4 heteroatoms. The topological polar surface area (TPSA) is 64.1 Å². The second-order valence-corrected chi connectivity index (χ2v) is 7.39. The summed E-state index contributed by atoms with van der Waals surface area (Å²) in [6.45, 7) is 0. The average molecular weight is 403 g/mol. The number of rotatable bonds is 0. The molecule has 1 heterocycles. The Hall–Kier alpha value is -4.18. The van der Waals surface area contributed by atoms with E-state index in [0.29, 0.717) is 28.7 Å². The van der Waals surface area contributed by atoms with E-state index < -0.39 is 0 Å². The molecule has 6 rings (SSSR count). The minimum atomic E-state index is -0.0641. The first kappa shape index (κ1) is 18.8. The minimum absolute atomic E-state index is 0.0641. The van der Waals surface area contributed by atoms with Crippen molar-refractivity contribution in [1.29, 1.82) is 0 Å². The third kappa shape index (κ3) is 3.28. The molecule has 0 unspecified atom stereocenters. The first-order valence-electron chi connectivity index (χ1n) is 10.0. The van der Waals surface area contributed by atoms with Crippen molar-refractivity contribution in [2.45, 2.75) is 6.42 Å². The van der Waals surface area contributed by atoms with Gasteiger partial charge in [0.25, 0.3) is 0 Å². The summed E-state index contributed by atoms with van der Waals surface area (Å²) < 4.78 is 0. The highest BCUT2D eigenvalue weighted by Crippen LogP contribution is 2.26. The Labute approximate surface area is 178 Å². The lowest BCUT2D eigenvalue weighted by molar-refractivity contribution is 0.0979. The minimum Gasteiger partial charge on any atom is -0.294 e. The summed E-state index contributed by atoms with van der Waals surface area (Å²) in [5.41, 5.74) is 4.51. The van der Waals surface area contributed by atoms with Crippen molar-refractivity contribution in [3.8, 4) is 0 Å². The smallest absolute Gasteiger partial charge is 0.194 e. The number of carbonyl (C=O) groups excluding carboxylic acids is 3. The van der Waals surface area contributed by atoms with Crippen LogP contribution in [-0.2, 0) is 0 Å². The number of aromatic nitrogens is 1. The highest BCUT2D eigenvalue weighted by atomic mass is 16.1. The molecule has 0 N–H and O–H groups in total. The molecule has 148 valence electrons. The van der Waals surface area contributed by atoms with E-state index in [2.05, 4.69) is 4.98 Å². The molecule has 2 aliphatic rings. The molecule has 3 aromatic carbocycles. The highest BCUT2D eigenvalue weighted by Gasteiger charge is 2.28. The Balaban J connectivity index is 0.000000132. The third-order valence-electron chi connectivity index (χ3n) is 5.47. The molecule has 2 aliphatic carbocycles. The van der Waals surface area contributed by atoms with Gasteiger partial charge in [-0.3, -0.25) is 14.4 Å². The lowest BCUT2D eigenvalue weighted by Crippen LogP contribution is -2.20. The molecule has 0 spiro atoms. The number of Topliss-reactive ketones (excluding diaryl/α,β-unsaturated/α-hetero) is 1. The van der Waals surface area contributed by atoms with Crippen molar-refractivity contribution in [2.75, 3.05) is 0 Å². The predicted molar refractivity (Wildman–Crippen MR) is 119 cm³/mol. The molecule has 0 atom stereocenters. The van der Waals surface area contributed by atoms with Crippen LogP contribution in [0, 0.1) is 0 Å². The maximum Gasteiger partial charge on any atom is 0.194 e. The molecule has 1 aromatic heterocycles. The SMILES string of the molecule is O=C1CC=Cc2nc3ccccc3cc21.O=C1c2ccccc2C(=O)c2ccccc21. The van der Waals surface area contributed by atoms with Gasteiger partial charge in [-0.25, -0.2) is 4.98 Å². The average Bonchev–Trinajstić information content (AvgIpc) is 2.82. The molecule has 0 fully saturated rings. The molecule has 0 saturated carbocycles. The lowest BCUT2D eigenvalue weighted by atomic mass is 9.84. The predicted octanol–water partition coefficient (Wildman–Crippen LogP) is 5.30. The Bertz CT molecular complexity index is 1310. The second-order valence-electron chi connectivity index (χ2n) is 7.39. The molecule has 0 radical (unpaired) electrons. The van der Waals surface area contributed by atoms with Crippen LogP contribution in [0.25, 0.3) is 17.0 Å². The van der Waals surface area contributed by atoms with Gasteiger partial charge in [0.05, 0.1) is 11.2 Å². The van der Waals surface area contributed by atoms with Gasteiger partial charge < -0.3 is 0 Å². The lowest BCUT2D eigenvalue weighted by Gasteiger charge is -2.16. The Morgan fingerprint density at radius 1 is 0.613 bits per heavy atom. The van der Waals surface area contributed by atoms with Gasteiger partial charge in [0.2, 0.25) is 0 Å². The number of para-hydroxylation sites is 1. The van der Waals surface area contributed by atoms with Crippen molar-refractivity contribution >= 4 is 34.3 Å². The molecule has 31 heavy (non-hydrogen) atoms. The van der Waals surface area contributed by atoms with Gasteiger partial charge in [-0.15, -0.1) is 0 Å². The number of benzene rings is 3. The van der Waals surface area contributed by atoms with Crippen LogP contribution in [-0.4, -0.2) is 22.3 Å². The van der Waals surface area contributed by atoms with Crippen LogP contribution in [0.1, 0.15) is 54.3 Å². The first-order chi connectivity index (χ1) is 15.1. The standard InChI is InChI=1S/C14H8O2.C13H9NO/c15-13-9-5-1-2-6-10(9)14(16)12-8-4-3-7-11(12)13;15-13-7-3-6-12-10(13)8-9-4-1-2-5-11(9)14-12/h1-8H;1-6,8H,7H2. The molecule has 0 aliphatic heterocycles. The number of ketones is 3. The van der Waals surface area contributed by atoms with Crippen molar-refractivity contribution in [3.05, 3.63) is 118 Å². The number of hydrogen-bond donors (Lipinski definition) is 0. The molecule has 0 saturated heterocycles. The number of pyridine rings is 1. The quantitative estimate of drug-likeness (QED) is 0.352. The van der Waals surface area contributed by atoms with E-state index in [9.17, 15) is 14.4 Å². The zero-order valence-electron chi connectivity index (χ0n) is 16.5. The van der Waals surface area contributed by atoms with Gasteiger partial charge in [-0.2, -0.15) is 0 Å². The van der Waals surface area contributed by atoms with E-state index in [1.165, 1.54) is 0 Å². The molecular formula is C27H17NO3. The van der Waals surface area contributed by atoms with Crippen LogP contribution in [0.5, 0.6) is 0 Å². The molecule has 0 bridgehead atoms. The van der Waals surface area contributed by atoms with Crippen molar-refractivity contribution in [1.82, 2.24) is 4.98 Å². The summed E-state index contributed by atoms with van der Waals surface area (Å²) in [6.07, 6.45) is 4.28. The van der Waals surface area contributed by atoms with Gasteiger partial charge in [0.1, 0.15) is 0 Å². The monoisotopic (exact) mass is 403 g/mol. The maximum atomic E-state index is 12.1. The van der Waals surface area contributed by atoms with Gasteiger partial charge >= 0.3 is 0 Å². The van der Waals surface area contributed by atoms with E-state index in [-0.39, 0.29) is 17.3 Å². The van der Waals surface area contributed by atoms with Crippen molar-refractivity contribution < 1.29 is 14.4 Å². The Morgan fingerprint density at radius 3 is 1.71 bits per heavy atom. The molecular weight excluding hydrogens is 386 g/mol. The van der Waals surface area contributed by atoms with Gasteiger partial charge in [0.15, 0.2) is 17.3 Å². The number of hydrogen-bond acceptors (Lipinski definition) is 4. The fraction of sp³-hybridized carbons (Fsp3) is 0.0370. The van der Waals surface area contributed by atoms with E-state index in [0.717, 1.165) is 22.2 Å². The summed E-state index contributed by atoms with van der Waals surface area (Å²) in [5, 5.41) is 1.03. The zero-order chi connectivity index (χ0) is 21.4. The number of allylic oxidation sites excluding steroid dienone is 1. The molecule has 4 nitrogen and oxygen atoms in total.